The lowest BCUT2D eigenvalue weighted by atomic mass is 10.0. The van der Waals surface area contributed by atoms with Gasteiger partial charge in [-0.2, -0.15) is 0 Å². The third kappa shape index (κ3) is 2.68. The number of aliphatic hydroxyl groups excluding tert-OH is 1. The first kappa shape index (κ1) is 13.4. The Morgan fingerprint density at radius 2 is 2.28 bits per heavy atom. The normalized spacial score (nSPS) is 12.7. The molecule has 1 atom stereocenters. The van der Waals surface area contributed by atoms with Crippen LogP contribution in [0.3, 0.4) is 0 Å². The van der Waals surface area contributed by atoms with E-state index in [2.05, 4.69) is 9.59 Å². The Hall–Kier alpha value is -1.04. The summed E-state index contributed by atoms with van der Waals surface area (Å²) < 4.78 is 17.5. The molecule has 0 saturated heterocycles. The van der Waals surface area contributed by atoms with Gasteiger partial charge in [0, 0.05) is 6.42 Å². The van der Waals surface area contributed by atoms with Crippen molar-refractivity contribution in [3.05, 3.63) is 45.2 Å². The standard InChI is InChI=1S/C12H12ClFN2OS/c1-2-9-12(18-16-15-9)10(17)6-7-4-3-5-8(13)11(7)14/h3-5,10,17H,2,6H2,1H3. The highest BCUT2D eigenvalue weighted by Crippen LogP contribution is 2.27. The highest BCUT2D eigenvalue weighted by Gasteiger charge is 2.18. The maximum Gasteiger partial charge on any atom is 0.145 e. The molecule has 0 spiro atoms. The number of hydrogen-bond donors (Lipinski definition) is 1. The van der Waals surface area contributed by atoms with Crippen LogP contribution in [0, 0.1) is 5.82 Å². The Balaban J connectivity index is 2.21. The first-order chi connectivity index (χ1) is 8.63. The second-order valence-corrected chi connectivity index (χ2v) is 5.06. The summed E-state index contributed by atoms with van der Waals surface area (Å²) in [6.45, 7) is 1.94. The van der Waals surface area contributed by atoms with Gasteiger partial charge in [-0.1, -0.05) is 35.1 Å². The smallest absolute Gasteiger partial charge is 0.145 e. The van der Waals surface area contributed by atoms with Crippen molar-refractivity contribution < 1.29 is 9.50 Å². The van der Waals surface area contributed by atoms with Crippen molar-refractivity contribution in [2.45, 2.75) is 25.9 Å². The predicted molar refractivity (Wildman–Crippen MR) is 69.4 cm³/mol. The Bertz CT molecular complexity index is 547. The number of rotatable bonds is 4. The Kier molecular flexibility index (Phi) is 4.27. The van der Waals surface area contributed by atoms with Gasteiger partial charge in [0.2, 0.25) is 0 Å². The minimum Gasteiger partial charge on any atom is -0.387 e. The van der Waals surface area contributed by atoms with Crippen LogP contribution in [-0.4, -0.2) is 14.7 Å². The fourth-order valence-corrected chi connectivity index (χ4v) is 2.64. The van der Waals surface area contributed by atoms with Crippen molar-refractivity contribution in [1.82, 2.24) is 9.59 Å². The van der Waals surface area contributed by atoms with Crippen LogP contribution in [-0.2, 0) is 12.8 Å². The van der Waals surface area contributed by atoms with E-state index in [4.69, 9.17) is 11.6 Å². The maximum atomic E-state index is 13.7. The Morgan fingerprint density at radius 3 is 3.00 bits per heavy atom. The summed E-state index contributed by atoms with van der Waals surface area (Å²) in [5.41, 5.74) is 1.15. The van der Waals surface area contributed by atoms with Gasteiger partial charge < -0.3 is 5.11 Å². The zero-order valence-electron chi connectivity index (χ0n) is 9.73. The summed E-state index contributed by atoms with van der Waals surface area (Å²) in [6, 6.07) is 4.77. The first-order valence-electron chi connectivity index (χ1n) is 5.55. The molecule has 1 heterocycles. The molecule has 0 fully saturated rings. The van der Waals surface area contributed by atoms with Crippen LogP contribution in [0.25, 0.3) is 0 Å². The molecule has 1 aromatic carbocycles. The topological polar surface area (TPSA) is 46.0 Å². The molecule has 0 bridgehead atoms. The van der Waals surface area contributed by atoms with Gasteiger partial charge in [-0.25, -0.2) is 4.39 Å². The van der Waals surface area contributed by atoms with Crippen LogP contribution in [0.1, 0.15) is 29.2 Å². The molecule has 0 amide bonds. The van der Waals surface area contributed by atoms with Gasteiger partial charge in [0.15, 0.2) is 0 Å². The second kappa shape index (κ2) is 5.73. The van der Waals surface area contributed by atoms with Gasteiger partial charge in [0.05, 0.1) is 21.7 Å². The molecule has 0 aliphatic rings. The summed E-state index contributed by atoms with van der Waals surface area (Å²) in [5, 5.41) is 14.1. The van der Waals surface area contributed by atoms with Gasteiger partial charge in [-0.05, 0) is 29.6 Å². The fraction of sp³-hybridized carbons (Fsp3) is 0.333. The molecule has 2 aromatic rings. The molecule has 0 saturated carbocycles. The van der Waals surface area contributed by atoms with Crippen molar-refractivity contribution in [2.24, 2.45) is 0 Å². The lowest BCUT2D eigenvalue weighted by molar-refractivity contribution is 0.179. The molecule has 96 valence electrons. The highest BCUT2D eigenvalue weighted by atomic mass is 35.5. The summed E-state index contributed by atoms with van der Waals surface area (Å²) in [7, 11) is 0. The molecule has 1 unspecified atom stereocenters. The minimum atomic E-state index is -0.798. The second-order valence-electron chi connectivity index (χ2n) is 3.87. The zero-order valence-corrected chi connectivity index (χ0v) is 11.3. The van der Waals surface area contributed by atoms with E-state index in [0.29, 0.717) is 16.9 Å². The van der Waals surface area contributed by atoms with E-state index in [1.54, 1.807) is 12.1 Å². The van der Waals surface area contributed by atoms with Crippen LogP contribution in [0.4, 0.5) is 4.39 Å². The van der Waals surface area contributed by atoms with Crippen LogP contribution >= 0.6 is 23.1 Å². The number of aromatic nitrogens is 2. The summed E-state index contributed by atoms with van der Waals surface area (Å²) in [4.78, 5) is 0.692. The predicted octanol–water partition coefficient (Wildman–Crippen LogP) is 3.17. The molecule has 6 heteroatoms. The van der Waals surface area contributed by atoms with E-state index in [1.807, 2.05) is 6.92 Å². The number of nitrogens with zero attached hydrogens (tertiary/aromatic N) is 2. The zero-order chi connectivity index (χ0) is 13.1. The van der Waals surface area contributed by atoms with E-state index in [0.717, 1.165) is 17.2 Å². The van der Waals surface area contributed by atoms with Gasteiger partial charge in [0.25, 0.3) is 0 Å². The fourth-order valence-electron chi connectivity index (χ4n) is 1.72. The molecule has 2 rings (SSSR count). The van der Waals surface area contributed by atoms with Crippen molar-refractivity contribution in [1.29, 1.82) is 0 Å². The average Bonchev–Trinajstić information content (AvgIpc) is 2.83. The van der Waals surface area contributed by atoms with E-state index in [1.165, 1.54) is 6.07 Å². The number of aryl methyl sites for hydroxylation is 1. The van der Waals surface area contributed by atoms with E-state index < -0.39 is 11.9 Å². The molecular formula is C12H12ClFN2OS. The average molecular weight is 287 g/mol. The van der Waals surface area contributed by atoms with Crippen LogP contribution < -0.4 is 0 Å². The monoisotopic (exact) mass is 286 g/mol. The maximum absolute atomic E-state index is 13.7. The van der Waals surface area contributed by atoms with E-state index in [9.17, 15) is 9.50 Å². The lowest BCUT2D eigenvalue weighted by Gasteiger charge is -2.10. The molecular weight excluding hydrogens is 275 g/mol. The van der Waals surface area contributed by atoms with Crippen molar-refractivity contribution in [3.63, 3.8) is 0 Å². The third-order valence-corrected chi connectivity index (χ3v) is 3.83. The molecule has 3 nitrogen and oxygen atoms in total. The molecule has 0 aliphatic carbocycles. The first-order valence-corrected chi connectivity index (χ1v) is 6.70. The largest absolute Gasteiger partial charge is 0.387 e. The Labute approximate surface area is 113 Å². The summed E-state index contributed by atoms with van der Waals surface area (Å²) >= 11 is 6.85. The highest BCUT2D eigenvalue weighted by molar-refractivity contribution is 7.05. The SMILES string of the molecule is CCc1nnsc1C(O)Cc1cccc(Cl)c1F. The lowest BCUT2D eigenvalue weighted by Crippen LogP contribution is -2.04. The molecule has 1 aromatic heterocycles. The molecule has 18 heavy (non-hydrogen) atoms. The number of aliphatic hydroxyl groups is 1. The Morgan fingerprint density at radius 1 is 1.50 bits per heavy atom. The van der Waals surface area contributed by atoms with Gasteiger partial charge in [-0.3, -0.25) is 0 Å². The van der Waals surface area contributed by atoms with Gasteiger partial charge >= 0.3 is 0 Å². The molecule has 0 radical (unpaired) electrons. The number of hydrogen-bond acceptors (Lipinski definition) is 4. The molecule has 0 aliphatic heterocycles. The van der Waals surface area contributed by atoms with Gasteiger partial charge in [0.1, 0.15) is 5.82 Å². The van der Waals surface area contributed by atoms with Crippen molar-refractivity contribution in [3.8, 4) is 0 Å². The summed E-state index contributed by atoms with van der Waals surface area (Å²) in [6.07, 6.45) is 0.0670. The summed E-state index contributed by atoms with van der Waals surface area (Å²) in [5.74, 6) is -0.478. The minimum absolute atomic E-state index is 0.0674. The van der Waals surface area contributed by atoms with Crippen LogP contribution in [0.5, 0.6) is 0 Å². The number of benzene rings is 1. The quantitative estimate of drug-likeness (QED) is 0.939. The number of halogens is 2. The van der Waals surface area contributed by atoms with Crippen LogP contribution in [0.2, 0.25) is 5.02 Å². The van der Waals surface area contributed by atoms with Crippen molar-refractivity contribution >= 4 is 23.1 Å². The van der Waals surface area contributed by atoms with Gasteiger partial charge in [-0.15, -0.1) is 5.10 Å². The van der Waals surface area contributed by atoms with E-state index >= 15 is 0 Å². The van der Waals surface area contributed by atoms with Crippen molar-refractivity contribution in [2.75, 3.05) is 0 Å². The van der Waals surface area contributed by atoms with Crippen LogP contribution in [0.15, 0.2) is 18.2 Å². The third-order valence-electron chi connectivity index (χ3n) is 2.67. The van der Waals surface area contributed by atoms with E-state index in [-0.39, 0.29) is 11.4 Å². The molecule has 1 N–H and O–H groups in total.